The van der Waals surface area contributed by atoms with Crippen LogP contribution >= 0.6 is 11.6 Å². The van der Waals surface area contributed by atoms with Gasteiger partial charge in [-0.25, -0.2) is 4.68 Å². The van der Waals surface area contributed by atoms with Gasteiger partial charge in [0.2, 0.25) is 0 Å². The van der Waals surface area contributed by atoms with Gasteiger partial charge in [0.1, 0.15) is 16.6 Å². The van der Waals surface area contributed by atoms with Crippen molar-refractivity contribution >= 4 is 23.3 Å². The number of aromatic nitrogens is 2. The molecule has 11 heteroatoms. The second-order valence-electron chi connectivity index (χ2n) is 7.56. The smallest absolute Gasteiger partial charge is 0.410 e. The fraction of sp³-hybridized carbons (Fsp3) is 0.500. The number of carbonyl (C=O) groups excluding carboxylic acids is 1. The standard InChI is InChI=1S/C20H22ClF3N4O3/c1-30-12-6-4-11(5-7-12)14-9-15(20(22,23)24)28-18(26-14)16(21)17(27-28)19(29)25-10-13-3-2-8-31-13/h4-7,13-15,26H,2-3,8-10H2,1H3,(H,25,29)/t13-,14+,15-/m1/s1. The number of ether oxygens (including phenoxy) is 2. The molecule has 2 aliphatic rings. The third-order valence-corrected chi connectivity index (χ3v) is 5.90. The number of carbonyl (C=O) groups is 1. The van der Waals surface area contributed by atoms with Crippen LogP contribution in [0.4, 0.5) is 19.0 Å². The van der Waals surface area contributed by atoms with Crippen molar-refractivity contribution in [3.63, 3.8) is 0 Å². The van der Waals surface area contributed by atoms with E-state index in [1.165, 1.54) is 7.11 Å². The second kappa shape index (κ2) is 8.58. The molecular formula is C20H22ClF3N4O3. The molecule has 1 fully saturated rings. The number of halogens is 4. The fourth-order valence-corrected chi connectivity index (χ4v) is 4.15. The average Bonchev–Trinajstić information content (AvgIpc) is 3.39. The number of nitrogens with zero attached hydrogens (tertiary/aromatic N) is 2. The molecule has 2 N–H and O–H groups in total. The highest BCUT2D eigenvalue weighted by atomic mass is 35.5. The lowest BCUT2D eigenvalue weighted by Gasteiger charge is -2.33. The predicted octanol–water partition coefficient (Wildman–Crippen LogP) is 4.11. The van der Waals surface area contributed by atoms with Crippen LogP contribution in [0.3, 0.4) is 0 Å². The molecule has 1 saturated heterocycles. The molecule has 1 aromatic carbocycles. The number of fused-ring (bicyclic) bond motifs is 1. The van der Waals surface area contributed by atoms with E-state index in [2.05, 4.69) is 15.7 Å². The van der Waals surface area contributed by atoms with E-state index < -0.39 is 24.2 Å². The van der Waals surface area contributed by atoms with Crippen molar-refractivity contribution in [2.75, 3.05) is 25.6 Å². The zero-order valence-electron chi connectivity index (χ0n) is 16.7. The van der Waals surface area contributed by atoms with Gasteiger partial charge >= 0.3 is 6.18 Å². The maximum absolute atomic E-state index is 13.9. The highest BCUT2D eigenvalue weighted by Crippen LogP contribution is 2.46. The Morgan fingerprint density at radius 2 is 2.13 bits per heavy atom. The Bertz CT molecular complexity index is 942. The van der Waals surface area contributed by atoms with E-state index in [-0.39, 0.29) is 35.6 Å². The summed E-state index contributed by atoms with van der Waals surface area (Å²) >= 11 is 6.32. The number of hydrogen-bond donors (Lipinski definition) is 2. The average molecular weight is 459 g/mol. The molecule has 1 aromatic heterocycles. The zero-order valence-corrected chi connectivity index (χ0v) is 17.5. The van der Waals surface area contributed by atoms with Crippen molar-refractivity contribution < 1.29 is 27.4 Å². The number of anilines is 1. The van der Waals surface area contributed by atoms with Crippen LogP contribution in [-0.4, -0.2) is 48.2 Å². The molecule has 168 valence electrons. The fourth-order valence-electron chi connectivity index (χ4n) is 3.89. The monoisotopic (exact) mass is 458 g/mol. The number of hydrogen-bond acceptors (Lipinski definition) is 5. The van der Waals surface area contributed by atoms with Gasteiger partial charge in [-0.1, -0.05) is 23.7 Å². The molecule has 3 atom stereocenters. The summed E-state index contributed by atoms with van der Waals surface area (Å²) < 4.78 is 52.9. The summed E-state index contributed by atoms with van der Waals surface area (Å²) in [5.74, 6) is -0.0651. The van der Waals surface area contributed by atoms with Gasteiger partial charge in [0, 0.05) is 19.6 Å². The van der Waals surface area contributed by atoms with E-state index in [4.69, 9.17) is 21.1 Å². The van der Waals surface area contributed by atoms with Crippen LogP contribution < -0.4 is 15.4 Å². The van der Waals surface area contributed by atoms with Crippen molar-refractivity contribution in [1.29, 1.82) is 0 Å². The minimum Gasteiger partial charge on any atom is -0.497 e. The second-order valence-corrected chi connectivity index (χ2v) is 7.94. The van der Waals surface area contributed by atoms with Crippen LogP contribution in [0.5, 0.6) is 5.75 Å². The van der Waals surface area contributed by atoms with Crippen LogP contribution in [0.2, 0.25) is 5.02 Å². The molecule has 2 aliphatic heterocycles. The first-order chi connectivity index (χ1) is 14.8. The van der Waals surface area contributed by atoms with Crippen LogP contribution in [0.15, 0.2) is 24.3 Å². The van der Waals surface area contributed by atoms with E-state index in [0.717, 1.165) is 17.5 Å². The van der Waals surface area contributed by atoms with E-state index >= 15 is 0 Å². The maximum atomic E-state index is 13.9. The number of methoxy groups -OCH3 is 1. The molecule has 0 unspecified atom stereocenters. The summed E-state index contributed by atoms with van der Waals surface area (Å²) in [6, 6.07) is 4.15. The molecule has 1 amide bonds. The first kappa shape index (κ1) is 21.8. The molecule has 0 aliphatic carbocycles. The summed E-state index contributed by atoms with van der Waals surface area (Å²) in [6.07, 6.45) is -3.25. The normalized spacial score (nSPS) is 23.2. The van der Waals surface area contributed by atoms with Crippen molar-refractivity contribution in [2.24, 2.45) is 0 Å². The molecule has 0 bridgehead atoms. The van der Waals surface area contributed by atoms with Crippen molar-refractivity contribution in [3.8, 4) is 5.75 Å². The first-order valence-electron chi connectivity index (χ1n) is 9.93. The minimum atomic E-state index is -4.57. The number of amides is 1. The summed E-state index contributed by atoms with van der Waals surface area (Å²) in [6.45, 7) is 0.881. The van der Waals surface area contributed by atoms with Gasteiger partial charge in [0.25, 0.3) is 5.91 Å². The molecule has 0 radical (unpaired) electrons. The Labute approximate surface area is 181 Å². The lowest BCUT2D eigenvalue weighted by atomic mass is 9.97. The quantitative estimate of drug-likeness (QED) is 0.705. The number of alkyl halides is 3. The number of nitrogens with one attached hydrogen (secondary N) is 2. The van der Waals surface area contributed by atoms with Gasteiger partial charge in [0.15, 0.2) is 11.7 Å². The Morgan fingerprint density at radius 3 is 2.74 bits per heavy atom. The van der Waals surface area contributed by atoms with E-state index in [1.807, 2.05) is 0 Å². The Balaban J connectivity index is 1.61. The summed E-state index contributed by atoms with van der Waals surface area (Å²) in [7, 11) is 1.51. The molecular weight excluding hydrogens is 437 g/mol. The third kappa shape index (κ3) is 4.45. The van der Waals surface area contributed by atoms with Crippen LogP contribution in [-0.2, 0) is 4.74 Å². The van der Waals surface area contributed by atoms with Crippen molar-refractivity contribution in [3.05, 3.63) is 40.5 Å². The molecule has 7 nitrogen and oxygen atoms in total. The molecule has 2 aromatic rings. The van der Waals surface area contributed by atoms with Crippen LogP contribution in [0.1, 0.15) is 47.4 Å². The summed E-state index contributed by atoms with van der Waals surface area (Å²) in [5.41, 5.74) is 0.398. The Hall–Kier alpha value is -2.46. The summed E-state index contributed by atoms with van der Waals surface area (Å²) in [4.78, 5) is 12.6. The number of rotatable bonds is 5. The van der Waals surface area contributed by atoms with Gasteiger partial charge in [-0.05, 0) is 30.5 Å². The third-order valence-electron chi connectivity index (χ3n) is 5.54. The highest BCUT2D eigenvalue weighted by molar-refractivity contribution is 6.36. The lowest BCUT2D eigenvalue weighted by molar-refractivity contribution is -0.173. The SMILES string of the molecule is COc1ccc([C@@H]2C[C@H](C(F)(F)F)n3nc(C(=O)NC[C@H]4CCCO4)c(Cl)c3N2)cc1. The van der Waals surface area contributed by atoms with Crippen LogP contribution in [0, 0.1) is 0 Å². The maximum Gasteiger partial charge on any atom is 0.410 e. The van der Waals surface area contributed by atoms with E-state index in [0.29, 0.717) is 17.9 Å². The molecule has 31 heavy (non-hydrogen) atoms. The zero-order chi connectivity index (χ0) is 22.2. The van der Waals surface area contributed by atoms with Gasteiger partial charge in [-0.2, -0.15) is 18.3 Å². The predicted molar refractivity (Wildman–Crippen MR) is 108 cm³/mol. The van der Waals surface area contributed by atoms with E-state index in [1.54, 1.807) is 24.3 Å². The lowest BCUT2D eigenvalue weighted by Crippen LogP contribution is -2.36. The number of benzene rings is 1. The highest BCUT2D eigenvalue weighted by Gasteiger charge is 2.47. The Kier molecular flexibility index (Phi) is 6.02. The molecule has 0 saturated carbocycles. The van der Waals surface area contributed by atoms with Gasteiger partial charge in [-0.15, -0.1) is 0 Å². The topological polar surface area (TPSA) is 77.4 Å². The summed E-state index contributed by atoms with van der Waals surface area (Å²) in [5, 5.41) is 9.46. The first-order valence-corrected chi connectivity index (χ1v) is 10.3. The molecule has 3 heterocycles. The van der Waals surface area contributed by atoms with Crippen molar-refractivity contribution in [1.82, 2.24) is 15.1 Å². The Morgan fingerprint density at radius 1 is 1.39 bits per heavy atom. The van der Waals surface area contributed by atoms with Crippen molar-refractivity contribution in [2.45, 2.75) is 43.6 Å². The van der Waals surface area contributed by atoms with Gasteiger partial charge < -0.3 is 20.1 Å². The molecule has 0 spiro atoms. The molecule has 4 rings (SSSR count). The van der Waals surface area contributed by atoms with Gasteiger partial charge in [-0.3, -0.25) is 4.79 Å². The van der Waals surface area contributed by atoms with Gasteiger partial charge in [0.05, 0.1) is 19.3 Å². The minimum absolute atomic E-state index is 0.0293. The largest absolute Gasteiger partial charge is 0.497 e. The van der Waals surface area contributed by atoms with Crippen LogP contribution in [0.25, 0.3) is 0 Å². The van der Waals surface area contributed by atoms with E-state index in [9.17, 15) is 18.0 Å².